The number of aryl methyl sites for hydroxylation is 2. The molecule has 18 rings (SSSR count). The van der Waals surface area contributed by atoms with Crippen molar-refractivity contribution in [2.75, 3.05) is 0 Å². The van der Waals surface area contributed by atoms with E-state index in [1.807, 2.05) is 0 Å². The van der Waals surface area contributed by atoms with Crippen molar-refractivity contribution in [3.05, 3.63) is 265 Å². The molecule has 16 aromatic rings. The Hall–Kier alpha value is -10.0. The minimum Gasteiger partial charge on any atom is -0.344 e. The zero-order valence-corrected chi connectivity index (χ0v) is 48.0. The summed E-state index contributed by atoms with van der Waals surface area (Å²) in [6.07, 6.45) is 0. The van der Waals surface area contributed by atoms with Crippen LogP contribution in [-0.4, -0.2) is 9.13 Å². The predicted molar refractivity (Wildman–Crippen MR) is 359 cm³/mol. The first-order valence-corrected chi connectivity index (χ1v) is 29.8. The van der Waals surface area contributed by atoms with Gasteiger partial charge in [-0.1, -0.05) is 234 Å². The maximum atomic E-state index is 2.48. The predicted octanol–water partition coefficient (Wildman–Crippen LogP) is 22.0. The molecule has 2 aromatic heterocycles. The SMILES string of the molecule is Cn1c2cc(-c3c4ccccc4c(-c4ccc5c(c4)C(C)(C)c4ccccc4-5)c4ccccc34)ccc2c2c3ccc4c(c3ccc21)c1ccc(-c2c3ccccc3c(-c3ccc5c(c3)C(C)(C)c3ccccc3-5)c3ccccc23)cc1n4C. The van der Waals surface area contributed by atoms with E-state index in [0.29, 0.717) is 0 Å². The maximum Gasteiger partial charge on any atom is 0.0495 e. The lowest BCUT2D eigenvalue weighted by Crippen LogP contribution is -2.14. The molecular weight excluding hydrogens is 1010 g/mol. The van der Waals surface area contributed by atoms with E-state index < -0.39 is 0 Å². The summed E-state index contributed by atoms with van der Waals surface area (Å²) in [5.41, 5.74) is 25.9. The van der Waals surface area contributed by atoms with Crippen LogP contribution in [0.3, 0.4) is 0 Å². The Kier molecular flexibility index (Phi) is 9.53. The van der Waals surface area contributed by atoms with Gasteiger partial charge in [0.2, 0.25) is 0 Å². The van der Waals surface area contributed by atoms with Crippen LogP contribution in [0, 0.1) is 0 Å². The van der Waals surface area contributed by atoms with Crippen LogP contribution in [0.5, 0.6) is 0 Å². The topological polar surface area (TPSA) is 9.86 Å². The number of hydrogen-bond acceptors (Lipinski definition) is 0. The van der Waals surface area contributed by atoms with E-state index in [-0.39, 0.29) is 10.8 Å². The average Bonchev–Trinajstić information content (AvgIpc) is 1.56. The molecule has 84 heavy (non-hydrogen) atoms. The van der Waals surface area contributed by atoms with Crippen LogP contribution in [0.2, 0.25) is 0 Å². The summed E-state index contributed by atoms with van der Waals surface area (Å²) in [5.74, 6) is 0. The highest BCUT2D eigenvalue weighted by Crippen LogP contribution is 2.54. The van der Waals surface area contributed by atoms with E-state index in [2.05, 4.69) is 294 Å². The fourth-order valence-electron chi connectivity index (χ4n) is 16.3. The molecule has 0 amide bonds. The Morgan fingerprint density at radius 2 is 0.500 bits per heavy atom. The highest BCUT2D eigenvalue weighted by Gasteiger charge is 2.37. The number of fused-ring (bicyclic) bond motifs is 19. The summed E-state index contributed by atoms with van der Waals surface area (Å²) in [7, 11) is 4.49. The fourth-order valence-corrected chi connectivity index (χ4v) is 16.3. The Balaban J connectivity index is 0.777. The molecule has 0 saturated heterocycles. The molecule has 2 aliphatic rings. The van der Waals surface area contributed by atoms with E-state index in [9.17, 15) is 0 Å². The molecule has 2 nitrogen and oxygen atoms in total. The lowest BCUT2D eigenvalue weighted by atomic mass is 9.80. The summed E-state index contributed by atoms with van der Waals surface area (Å²) < 4.78 is 4.83. The third-order valence-corrected chi connectivity index (χ3v) is 20.3. The molecule has 14 aromatic carbocycles. The Bertz CT molecular complexity index is 5170. The lowest BCUT2D eigenvalue weighted by molar-refractivity contribution is 0.660. The molecule has 0 fully saturated rings. The molecular formula is C82H58N2. The van der Waals surface area contributed by atoms with E-state index in [1.165, 1.54) is 186 Å². The van der Waals surface area contributed by atoms with Crippen molar-refractivity contribution in [2.45, 2.75) is 38.5 Å². The molecule has 2 heteroatoms. The van der Waals surface area contributed by atoms with Crippen LogP contribution in [0.4, 0.5) is 0 Å². The summed E-state index contributed by atoms with van der Waals surface area (Å²) in [4.78, 5) is 0. The van der Waals surface area contributed by atoms with Gasteiger partial charge in [-0.15, -0.1) is 0 Å². The first kappa shape index (κ1) is 47.6. The van der Waals surface area contributed by atoms with E-state index >= 15 is 0 Å². The van der Waals surface area contributed by atoms with Crippen LogP contribution >= 0.6 is 0 Å². The van der Waals surface area contributed by atoms with E-state index in [0.717, 1.165) is 0 Å². The summed E-state index contributed by atoms with van der Waals surface area (Å²) >= 11 is 0. The Labute approximate surface area is 488 Å². The van der Waals surface area contributed by atoms with Crippen LogP contribution in [0.1, 0.15) is 49.9 Å². The van der Waals surface area contributed by atoms with Gasteiger partial charge in [0.15, 0.2) is 0 Å². The quantitative estimate of drug-likeness (QED) is 0.156. The van der Waals surface area contributed by atoms with Gasteiger partial charge in [-0.2, -0.15) is 0 Å². The summed E-state index contributed by atoms with van der Waals surface area (Å²) in [6.45, 7) is 9.52. The first-order chi connectivity index (χ1) is 41.0. The second kappa shape index (κ2) is 16.8. The average molecular weight is 1070 g/mol. The third kappa shape index (κ3) is 6.19. The van der Waals surface area contributed by atoms with Crippen molar-refractivity contribution >= 4 is 97.5 Å². The van der Waals surface area contributed by atoms with Crippen LogP contribution in [-0.2, 0) is 24.9 Å². The van der Waals surface area contributed by atoms with Gasteiger partial charge >= 0.3 is 0 Å². The standard InChI is InChI=1S/C82H58N2/c1-81(2)67-29-17-15-19-51(67)53-35-31-47(43-69(53)81)75-55-21-7-11-25-59(55)77(60-26-12-8-22-56(60)75)49-33-37-65-73(45-49)83(5)71-41-39-64-63(79(65)71)40-42-72-80(64)66-38-34-50(46-74(66)84(72)6)78-61-27-13-9-23-57(61)76(58-24-10-14-28-62(58)78)48-32-36-54-52-20-16-18-30-68(52)82(3,4)70(54)44-48/h7-46H,1-6H3. The molecule has 0 radical (unpaired) electrons. The maximum absolute atomic E-state index is 2.48. The Morgan fingerprint density at radius 1 is 0.226 bits per heavy atom. The largest absolute Gasteiger partial charge is 0.344 e. The van der Waals surface area contributed by atoms with Crippen LogP contribution < -0.4 is 0 Å². The van der Waals surface area contributed by atoms with Crippen molar-refractivity contribution in [3.8, 4) is 66.8 Å². The zero-order valence-electron chi connectivity index (χ0n) is 48.0. The molecule has 0 aliphatic heterocycles. The molecule has 396 valence electrons. The van der Waals surface area contributed by atoms with Crippen molar-refractivity contribution in [3.63, 3.8) is 0 Å². The second-order valence-electron chi connectivity index (χ2n) is 25.1. The lowest BCUT2D eigenvalue weighted by Gasteiger charge is -2.23. The van der Waals surface area contributed by atoms with E-state index in [1.54, 1.807) is 0 Å². The van der Waals surface area contributed by atoms with Gasteiger partial charge in [0.05, 0.1) is 0 Å². The fraction of sp³-hybridized carbons (Fsp3) is 0.0976. The monoisotopic (exact) mass is 1070 g/mol. The number of benzene rings is 14. The first-order valence-electron chi connectivity index (χ1n) is 29.8. The third-order valence-electron chi connectivity index (χ3n) is 20.3. The summed E-state index contributed by atoms with van der Waals surface area (Å²) in [5, 5.41) is 17.9. The number of rotatable bonds is 4. The molecule has 0 saturated carbocycles. The number of hydrogen-bond donors (Lipinski definition) is 0. The van der Waals surface area contributed by atoms with Crippen molar-refractivity contribution in [2.24, 2.45) is 14.1 Å². The van der Waals surface area contributed by atoms with Gasteiger partial charge in [-0.05, 0) is 179 Å². The second-order valence-corrected chi connectivity index (χ2v) is 25.1. The van der Waals surface area contributed by atoms with Gasteiger partial charge in [0, 0.05) is 68.5 Å². The molecule has 0 atom stereocenters. The van der Waals surface area contributed by atoms with Crippen molar-refractivity contribution < 1.29 is 0 Å². The Morgan fingerprint density at radius 3 is 0.845 bits per heavy atom. The minimum absolute atomic E-state index is 0.0874. The molecule has 0 bridgehead atoms. The smallest absolute Gasteiger partial charge is 0.0495 e. The van der Waals surface area contributed by atoms with Crippen molar-refractivity contribution in [1.82, 2.24) is 9.13 Å². The highest BCUT2D eigenvalue weighted by molar-refractivity contribution is 6.30. The molecule has 0 spiro atoms. The zero-order chi connectivity index (χ0) is 56.1. The highest BCUT2D eigenvalue weighted by atomic mass is 14.9. The molecule has 2 heterocycles. The van der Waals surface area contributed by atoms with E-state index in [4.69, 9.17) is 0 Å². The minimum atomic E-state index is -0.0874. The van der Waals surface area contributed by atoms with Gasteiger partial charge in [0.1, 0.15) is 0 Å². The van der Waals surface area contributed by atoms with Crippen LogP contribution in [0.15, 0.2) is 243 Å². The number of aromatic nitrogens is 2. The molecule has 0 unspecified atom stereocenters. The van der Waals surface area contributed by atoms with Gasteiger partial charge in [-0.3, -0.25) is 0 Å². The van der Waals surface area contributed by atoms with Crippen LogP contribution in [0.25, 0.3) is 164 Å². The molecule has 2 aliphatic carbocycles. The summed E-state index contributed by atoms with van der Waals surface area (Å²) in [6, 6.07) is 92.6. The van der Waals surface area contributed by atoms with Gasteiger partial charge < -0.3 is 9.13 Å². The number of nitrogens with zero attached hydrogens (tertiary/aromatic N) is 2. The molecule has 0 N–H and O–H groups in total. The van der Waals surface area contributed by atoms with Gasteiger partial charge in [0.25, 0.3) is 0 Å². The van der Waals surface area contributed by atoms with Gasteiger partial charge in [-0.25, -0.2) is 0 Å². The van der Waals surface area contributed by atoms with Crippen molar-refractivity contribution in [1.29, 1.82) is 0 Å². The normalized spacial score (nSPS) is 14.0.